The minimum Gasteiger partial charge on any atom is -0.481 e. The minimum atomic E-state index is -0.578. The second kappa shape index (κ2) is 5.41. The number of aliphatic carboxylic acids is 1. The first-order valence-electron chi connectivity index (χ1n) is 7.71. The van der Waals surface area contributed by atoms with Crippen LogP contribution in [0.15, 0.2) is 0 Å². The molecule has 4 nitrogen and oxygen atoms in total. The van der Waals surface area contributed by atoms with Gasteiger partial charge in [0, 0.05) is 38.3 Å². The van der Waals surface area contributed by atoms with Crippen LogP contribution in [0.1, 0.15) is 38.5 Å². The SMILES string of the molecule is O=C(O)C1CCCCC1CN1CC2(CCOCC2)C1. The van der Waals surface area contributed by atoms with Gasteiger partial charge < -0.3 is 14.7 Å². The zero-order valence-corrected chi connectivity index (χ0v) is 11.6. The van der Waals surface area contributed by atoms with Gasteiger partial charge in [-0.25, -0.2) is 0 Å². The average molecular weight is 267 g/mol. The third kappa shape index (κ3) is 2.79. The molecular weight excluding hydrogens is 242 g/mol. The fourth-order valence-corrected chi connectivity index (χ4v) is 4.24. The van der Waals surface area contributed by atoms with Gasteiger partial charge in [-0.15, -0.1) is 0 Å². The maximum Gasteiger partial charge on any atom is 0.306 e. The van der Waals surface area contributed by atoms with Crippen LogP contribution in [0.2, 0.25) is 0 Å². The molecular formula is C15H25NO3. The molecule has 4 heteroatoms. The number of carboxylic acids is 1. The highest BCUT2D eigenvalue weighted by Crippen LogP contribution is 2.41. The molecule has 3 rings (SSSR count). The van der Waals surface area contributed by atoms with Gasteiger partial charge in [-0.1, -0.05) is 12.8 Å². The van der Waals surface area contributed by atoms with E-state index in [2.05, 4.69) is 4.90 Å². The van der Waals surface area contributed by atoms with Crippen LogP contribution in [0.5, 0.6) is 0 Å². The van der Waals surface area contributed by atoms with Crippen LogP contribution >= 0.6 is 0 Å². The van der Waals surface area contributed by atoms with Crippen LogP contribution in [0.4, 0.5) is 0 Å². The lowest BCUT2D eigenvalue weighted by Gasteiger charge is -2.53. The highest BCUT2D eigenvalue weighted by molar-refractivity contribution is 5.70. The zero-order chi connectivity index (χ0) is 13.3. The number of likely N-dealkylation sites (tertiary alicyclic amines) is 1. The lowest BCUT2D eigenvalue weighted by molar-refractivity contribution is -0.146. The van der Waals surface area contributed by atoms with Gasteiger partial charge in [0.1, 0.15) is 0 Å². The highest BCUT2D eigenvalue weighted by Gasteiger charge is 2.45. The molecule has 3 aliphatic rings. The van der Waals surface area contributed by atoms with E-state index in [4.69, 9.17) is 4.74 Å². The smallest absolute Gasteiger partial charge is 0.306 e. The summed E-state index contributed by atoms with van der Waals surface area (Å²) in [6.45, 7) is 5.15. The topological polar surface area (TPSA) is 49.8 Å². The summed E-state index contributed by atoms with van der Waals surface area (Å²) in [5.41, 5.74) is 0.506. The molecule has 0 amide bonds. The molecule has 2 saturated heterocycles. The number of hydrogen-bond acceptors (Lipinski definition) is 3. The summed E-state index contributed by atoms with van der Waals surface area (Å²) in [5.74, 6) is -0.297. The van der Waals surface area contributed by atoms with Crippen LogP contribution in [0.3, 0.4) is 0 Å². The van der Waals surface area contributed by atoms with E-state index in [-0.39, 0.29) is 5.92 Å². The molecule has 1 spiro atoms. The molecule has 1 aliphatic carbocycles. The fourth-order valence-electron chi connectivity index (χ4n) is 4.24. The summed E-state index contributed by atoms with van der Waals surface area (Å²) in [6.07, 6.45) is 6.67. The quantitative estimate of drug-likeness (QED) is 0.849. The molecule has 0 aromatic rings. The Morgan fingerprint density at radius 3 is 2.58 bits per heavy atom. The Labute approximate surface area is 115 Å². The second-order valence-electron chi connectivity index (χ2n) is 6.77. The predicted molar refractivity (Wildman–Crippen MR) is 72.0 cm³/mol. The Kier molecular flexibility index (Phi) is 3.81. The van der Waals surface area contributed by atoms with E-state index < -0.39 is 5.97 Å². The summed E-state index contributed by atoms with van der Waals surface area (Å²) < 4.78 is 5.44. The summed E-state index contributed by atoms with van der Waals surface area (Å²) in [5, 5.41) is 9.32. The number of ether oxygens (including phenoxy) is 1. The molecule has 0 bridgehead atoms. The van der Waals surface area contributed by atoms with E-state index in [0.717, 1.165) is 39.0 Å². The van der Waals surface area contributed by atoms with Crippen LogP contribution in [0.25, 0.3) is 0 Å². The van der Waals surface area contributed by atoms with Gasteiger partial charge in [-0.05, 0) is 31.6 Å². The normalized spacial score (nSPS) is 34.9. The van der Waals surface area contributed by atoms with Gasteiger partial charge >= 0.3 is 5.97 Å². The molecule has 19 heavy (non-hydrogen) atoms. The summed E-state index contributed by atoms with van der Waals surface area (Å²) in [4.78, 5) is 13.8. The largest absolute Gasteiger partial charge is 0.481 e. The first-order valence-corrected chi connectivity index (χ1v) is 7.71. The van der Waals surface area contributed by atoms with Crippen LogP contribution in [-0.2, 0) is 9.53 Å². The van der Waals surface area contributed by atoms with Gasteiger partial charge in [0.15, 0.2) is 0 Å². The molecule has 3 fully saturated rings. The lowest BCUT2D eigenvalue weighted by Crippen LogP contribution is -2.59. The van der Waals surface area contributed by atoms with Crippen LogP contribution in [0, 0.1) is 17.3 Å². The van der Waals surface area contributed by atoms with E-state index in [9.17, 15) is 9.90 Å². The van der Waals surface area contributed by atoms with Crippen molar-refractivity contribution in [3.05, 3.63) is 0 Å². The average Bonchev–Trinajstić information content (AvgIpc) is 2.38. The van der Waals surface area contributed by atoms with Crippen molar-refractivity contribution < 1.29 is 14.6 Å². The molecule has 0 aromatic heterocycles. The first-order chi connectivity index (χ1) is 9.19. The van der Waals surface area contributed by atoms with Crippen molar-refractivity contribution >= 4 is 5.97 Å². The fraction of sp³-hybridized carbons (Fsp3) is 0.933. The van der Waals surface area contributed by atoms with Crippen molar-refractivity contribution in [2.24, 2.45) is 17.3 Å². The van der Waals surface area contributed by atoms with Crippen LogP contribution in [-0.4, -0.2) is 48.8 Å². The molecule has 0 radical (unpaired) electrons. The number of nitrogens with zero attached hydrogens (tertiary/aromatic N) is 1. The van der Waals surface area contributed by atoms with E-state index in [1.807, 2.05) is 0 Å². The zero-order valence-electron chi connectivity index (χ0n) is 11.6. The summed E-state index contributed by atoms with van der Waals surface area (Å²) in [6, 6.07) is 0. The minimum absolute atomic E-state index is 0.0972. The maximum absolute atomic E-state index is 11.3. The summed E-state index contributed by atoms with van der Waals surface area (Å²) in [7, 11) is 0. The van der Waals surface area contributed by atoms with Gasteiger partial charge in [0.05, 0.1) is 5.92 Å². The van der Waals surface area contributed by atoms with Crippen molar-refractivity contribution in [1.29, 1.82) is 0 Å². The molecule has 1 saturated carbocycles. The predicted octanol–water partition coefficient (Wildman–Crippen LogP) is 1.99. The Morgan fingerprint density at radius 2 is 1.89 bits per heavy atom. The number of carbonyl (C=O) groups is 1. The number of rotatable bonds is 3. The molecule has 108 valence electrons. The Hall–Kier alpha value is -0.610. The van der Waals surface area contributed by atoms with Gasteiger partial charge in [0.25, 0.3) is 0 Å². The molecule has 2 unspecified atom stereocenters. The van der Waals surface area contributed by atoms with Crippen molar-refractivity contribution in [2.45, 2.75) is 38.5 Å². The monoisotopic (exact) mass is 267 g/mol. The van der Waals surface area contributed by atoms with Gasteiger partial charge in [0.2, 0.25) is 0 Å². The summed E-state index contributed by atoms with van der Waals surface area (Å²) >= 11 is 0. The molecule has 2 heterocycles. The molecule has 1 N–H and O–H groups in total. The van der Waals surface area contributed by atoms with Crippen molar-refractivity contribution in [2.75, 3.05) is 32.8 Å². The van der Waals surface area contributed by atoms with E-state index >= 15 is 0 Å². The molecule has 0 aromatic carbocycles. The molecule has 2 aliphatic heterocycles. The third-order valence-electron chi connectivity index (χ3n) is 5.39. The number of carboxylic acid groups (broad SMARTS) is 1. The first kappa shape index (κ1) is 13.4. The Balaban J connectivity index is 1.50. The maximum atomic E-state index is 11.3. The number of hydrogen-bond donors (Lipinski definition) is 1. The van der Waals surface area contributed by atoms with E-state index in [1.165, 1.54) is 32.4 Å². The van der Waals surface area contributed by atoms with Crippen molar-refractivity contribution in [3.8, 4) is 0 Å². The Bertz CT molecular complexity index is 330. The van der Waals surface area contributed by atoms with Crippen LogP contribution < -0.4 is 0 Å². The van der Waals surface area contributed by atoms with Gasteiger partial charge in [-0.2, -0.15) is 0 Å². The molecule has 2 atom stereocenters. The third-order valence-corrected chi connectivity index (χ3v) is 5.39. The second-order valence-corrected chi connectivity index (χ2v) is 6.77. The standard InChI is InChI=1S/C15H25NO3/c17-14(18)13-4-2-1-3-12(13)9-16-10-15(11-16)5-7-19-8-6-15/h12-13H,1-11H2,(H,17,18). The van der Waals surface area contributed by atoms with E-state index in [0.29, 0.717) is 11.3 Å². The van der Waals surface area contributed by atoms with Crippen molar-refractivity contribution in [3.63, 3.8) is 0 Å². The lowest BCUT2D eigenvalue weighted by atomic mass is 9.72. The van der Waals surface area contributed by atoms with Crippen molar-refractivity contribution in [1.82, 2.24) is 4.90 Å². The highest BCUT2D eigenvalue weighted by atomic mass is 16.5. The Morgan fingerprint density at radius 1 is 1.21 bits per heavy atom. The van der Waals surface area contributed by atoms with E-state index in [1.54, 1.807) is 0 Å². The van der Waals surface area contributed by atoms with Gasteiger partial charge in [-0.3, -0.25) is 4.79 Å².